The van der Waals surface area contributed by atoms with E-state index in [0.29, 0.717) is 5.92 Å². The molecule has 126 valence electrons. The molecule has 0 bridgehead atoms. The van der Waals surface area contributed by atoms with Gasteiger partial charge in [0.1, 0.15) is 0 Å². The van der Waals surface area contributed by atoms with E-state index in [-0.39, 0.29) is 12.1 Å². The first-order valence-electron chi connectivity index (χ1n) is 8.52. The molecule has 1 aromatic rings. The van der Waals surface area contributed by atoms with Crippen LogP contribution in [-0.2, 0) is 6.42 Å². The number of piperidine rings is 1. The van der Waals surface area contributed by atoms with E-state index in [2.05, 4.69) is 23.3 Å². The van der Waals surface area contributed by atoms with Crippen molar-refractivity contribution in [1.29, 1.82) is 0 Å². The lowest BCUT2D eigenvalue weighted by Crippen LogP contribution is -2.43. The van der Waals surface area contributed by atoms with Crippen LogP contribution in [0.4, 0.5) is 4.79 Å². The second kappa shape index (κ2) is 7.10. The van der Waals surface area contributed by atoms with Gasteiger partial charge in [0, 0.05) is 18.6 Å². The lowest BCUT2D eigenvalue weighted by atomic mass is 9.97. The van der Waals surface area contributed by atoms with Crippen molar-refractivity contribution in [2.75, 3.05) is 33.7 Å². The number of hydrogen-bond acceptors (Lipinski definition) is 2. The minimum Gasteiger partial charge on any atom is -0.331 e. The molecule has 2 amide bonds. The molecule has 0 radical (unpaired) electrons. The first kappa shape index (κ1) is 16.6. The van der Waals surface area contributed by atoms with Crippen molar-refractivity contribution in [2.24, 2.45) is 5.92 Å². The number of nitrogens with zero attached hydrogens (tertiary/aromatic N) is 2. The molecule has 1 heterocycles. The van der Waals surface area contributed by atoms with Gasteiger partial charge < -0.3 is 15.1 Å². The van der Waals surface area contributed by atoms with Gasteiger partial charge >= 0.3 is 6.03 Å². The van der Waals surface area contributed by atoms with E-state index in [1.807, 2.05) is 24.1 Å². The Balaban J connectivity index is 1.55. The number of carbonyl (C=O) groups is 1. The third kappa shape index (κ3) is 3.81. The van der Waals surface area contributed by atoms with Gasteiger partial charge in [-0.2, -0.15) is 0 Å². The van der Waals surface area contributed by atoms with Crippen molar-refractivity contribution < 1.29 is 4.79 Å². The monoisotopic (exact) mass is 335 g/mol. The normalized spacial score (nSPS) is 22.0. The van der Waals surface area contributed by atoms with Crippen molar-refractivity contribution >= 4 is 17.6 Å². The summed E-state index contributed by atoms with van der Waals surface area (Å²) in [5, 5.41) is 4.00. The summed E-state index contributed by atoms with van der Waals surface area (Å²) in [4.78, 5) is 16.7. The Hall–Kier alpha value is -1.26. The van der Waals surface area contributed by atoms with Gasteiger partial charge in [-0.3, -0.25) is 0 Å². The summed E-state index contributed by atoms with van der Waals surface area (Å²) in [5.41, 5.74) is 2.37. The van der Waals surface area contributed by atoms with Crippen molar-refractivity contribution in [3.63, 3.8) is 0 Å². The molecule has 0 saturated carbocycles. The van der Waals surface area contributed by atoms with Gasteiger partial charge in [0.05, 0.1) is 6.04 Å². The zero-order valence-corrected chi connectivity index (χ0v) is 14.8. The maximum atomic E-state index is 12.5. The minimum atomic E-state index is 0.0294. The maximum Gasteiger partial charge on any atom is 0.317 e. The Labute approximate surface area is 143 Å². The summed E-state index contributed by atoms with van der Waals surface area (Å²) >= 11 is 6.25. The van der Waals surface area contributed by atoms with Crippen molar-refractivity contribution in [3.05, 3.63) is 34.3 Å². The number of likely N-dealkylation sites (tertiary alicyclic amines) is 1. The number of nitrogens with one attached hydrogen (secondary N) is 1. The number of hydrogen-bond donors (Lipinski definition) is 1. The lowest BCUT2D eigenvalue weighted by molar-refractivity contribution is 0.168. The molecule has 5 heteroatoms. The van der Waals surface area contributed by atoms with E-state index < -0.39 is 0 Å². The van der Waals surface area contributed by atoms with Crippen molar-refractivity contribution in [1.82, 2.24) is 15.1 Å². The number of halogens is 1. The third-order valence-corrected chi connectivity index (χ3v) is 5.58. The van der Waals surface area contributed by atoms with E-state index in [4.69, 9.17) is 11.6 Å². The first-order valence-corrected chi connectivity index (χ1v) is 8.90. The van der Waals surface area contributed by atoms with Crippen LogP contribution in [0, 0.1) is 5.92 Å². The molecule has 2 aliphatic rings. The SMILES string of the molecule is CN1CCC(CN(C)C(=O)N[C@H]2CCc3c(Cl)cccc32)CC1. The van der Waals surface area contributed by atoms with E-state index >= 15 is 0 Å². The minimum absolute atomic E-state index is 0.0294. The van der Waals surface area contributed by atoms with Crippen molar-refractivity contribution in [3.8, 4) is 0 Å². The molecular formula is C18H26ClN3O. The standard InChI is InChI=1S/C18H26ClN3O/c1-21-10-8-13(9-11-21)12-22(2)18(23)20-17-7-6-14-15(17)4-3-5-16(14)19/h3-5,13,17H,6-12H2,1-2H3,(H,20,23)/t17-/m0/s1. The molecule has 1 aliphatic heterocycles. The molecule has 0 aromatic heterocycles. The Morgan fingerprint density at radius 1 is 1.35 bits per heavy atom. The highest BCUT2D eigenvalue weighted by atomic mass is 35.5. The molecule has 1 atom stereocenters. The van der Waals surface area contributed by atoms with Crippen LogP contribution in [0.5, 0.6) is 0 Å². The summed E-state index contributed by atoms with van der Waals surface area (Å²) in [6.45, 7) is 3.11. The van der Waals surface area contributed by atoms with Gasteiger partial charge in [-0.15, -0.1) is 0 Å². The first-order chi connectivity index (χ1) is 11.0. The van der Waals surface area contributed by atoms with Crippen LogP contribution in [-0.4, -0.2) is 49.6 Å². The van der Waals surface area contributed by atoms with Crippen LogP contribution < -0.4 is 5.32 Å². The Bertz CT molecular complexity index is 569. The maximum absolute atomic E-state index is 12.5. The largest absolute Gasteiger partial charge is 0.331 e. The number of carbonyl (C=O) groups excluding carboxylic acids is 1. The third-order valence-electron chi connectivity index (χ3n) is 5.23. The summed E-state index contributed by atoms with van der Waals surface area (Å²) in [7, 11) is 4.07. The Morgan fingerprint density at radius 3 is 2.83 bits per heavy atom. The molecule has 1 fully saturated rings. The topological polar surface area (TPSA) is 35.6 Å². The van der Waals surface area contributed by atoms with Crippen LogP contribution >= 0.6 is 11.6 Å². The Kier molecular flexibility index (Phi) is 5.12. The summed E-state index contributed by atoms with van der Waals surface area (Å²) in [5.74, 6) is 0.618. The van der Waals surface area contributed by atoms with Crippen LogP contribution in [0.3, 0.4) is 0 Å². The zero-order chi connectivity index (χ0) is 16.4. The molecule has 0 spiro atoms. The number of fused-ring (bicyclic) bond motifs is 1. The summed E-state index contributed by atoms with van der Waals surface area (Å²) in [6, 6.07) is 6.10. The average molecular weight is 336 g/mol. The predicted molar refractivity (Wildman–Crippen MR) is 93.9 cm³/mol. The second-order valence-electron chi connectivity index (χ2n) is 6.98. The van der Waals surface area contributed by atoms with E-state index in [1.165, 1.54) is 24.0 Å². The predicted octanol–water partition coefficient (Wildman–Crippen LogP) is 3.31. The van der Waals surface area contributed by atoms with Crippen LogP contribution in [0.2, 0.25) is 5.02 Å². The van der Waals surface area contributed by atoms with Crippen LogP contribution in [0.25, 0.3) is 0 Å². The fraction of sp³-hybridized carbons (Fsp3) is 0.611. The van der Waals surface area contributed by atoms with Crippen molar-refractivity contribution in [2.45, 2.75) is 31.7 Å². The van der Waals surface area contributed by atoms with Crippen LogP contribution in [0.15, 0.2) is 18.2 Å². The molecule has 0 unspecified atom stereocenters. The smallest absolute Gasteiger partial charge is 0.317 e. The molecule has 1 saturated heterocycles. The molecule has 1 N–H and O–H groups in total. The highest BCUT2D eigenvalue weighted by Gasteiger charge is 2.27. The average Bonchev–Trinajstić information content (AvgIpc) is 2.94. The molecule has 23 heavy (non-hydrogen) atoms. The van der Waals surface area contributed by atoms with E-state index in [0.717, 1.165) is 37.5 Å². The number of amides is 2. The fourth-order valence-electron chi connectivity index (χ4n) is 3.73. The quantitative estimate of drug-likeness (QED) is 0.919. The number of benzene rings is 1. The second-order valence-corrected chi connectivity index (χ2v) is 7.38. The molecule has 4 nitrogen and oxygen atoms in total. The van der Waals surface area contributed by atoms with Gasteiger partial charge in [-0.05, 0) is 68.9 Å². The van der Waals surface area contributed by atoms with Gasteiger partial charge in [-0.25, -0.2) is 4.79 Å². The summed E-state index contributed by atoms with van der Waals surface area (Å²) < 4.78 is 0. The van der Waals surface area contributed by atoms with Gasteiger partial charge in [0.15, 0.2) is 0 Å². The molecular weight excluding hydrogens is 310 g/mol. The van der Waals surface area contributed by atoms with E-state index in [9.17, 15) is 4.79 Å². The highest BCUT2D eigenvalue weighted by molar-refractivity contribution is 6.31. The zero-order valence-electron chi connectivity index (χ0n) is 14.0. The summed E-state index contributed by atoms with van der Waals surface area (Å²) in [6.07, 6.45) is 4.23. The van der Waals surface area contributed by atoms with Gasteiger partial charge in [-0.1, -0.05) is 23.7 Å². The van der Waals surface area contributed by atoms with Gasteiger partial charge in [0.25, 0.3) is 0 Å². The molecule has 3 rings (SSSR count). The van der Waals surface area contributed by atoms with Crippen LogP contribution in [0.1, 0.15) is 36.4 Å². The van der Waals surface area contributed by atoms with Gasteiger partial charge in [0.2, 0.25) is 0 Å². The number of urea groups is 1. The van der Waals surface area contributed by atoms with E-state index in [1.54, 1.807) is 0 Å². The fourth-order valence-corrected chi connectivity index (χ4v) is 4.01. The Morgan fingerprint density at radius 2 is 2.09 bits per heavy atom. The number of rotatable bonds is 3. The molecule has 1 aliphatic carbocycles. The molecule has 1 aromatic carbocycles. The lowest BCUT2D eigenvalue weighted by Gasteiger charge is -2.32. The highest BCUT2D eigenvalue weighted by Crippen LogP contribution is 2.35.